The summed E-state index contributed by atoms with van der Waals surface area (Å²) in [6, 6.07) is 29.4. The molecule has 0 fully saturated rings. The lowest BCUT2D eigenvalue weighted by molar-refractivity contribution is 1.00. The first kappa shape index (κ1) is 17.0. The van der Waals surface area contributed by atoms with Gasteiger partial charge in [0.2, 0.25) is 0 Å². The molecule has 25 heavy (non-hydrogen) atoms. The quantitative estimate of drug-likeness (QED) is 0.427. The Balaban J connectivity index is 1.86. The molecule has 0 amide bonds. The van der Waals surface area contributed by atoms with Crippen LogP contribution in [0.2, 0.25) is 0 Å². The van der Waals surface area contributed by atoms with E-state index in [0.717, 1.165) is 30.1 Å². The Labute approximate surface area is 150 Å². The van der Waals surface area contributed by atoms with Crippen molar-refractivity contribution in [2.24, 2.45) is 4.99 Å². The van der Waals surface area contributed by atoms with Gasteiger partial charge in [0, 0.05) is 19.2 Å². The number of benzene rings is 3. The summed E-state index contributed by atoms with van der Waals surface area (Å²) in [5.41, 5.74) is 4.74. The van der Waals surface area contributed by atoms with Gasteiger partial charge in [0.05, 0.1) is 5.69 Å². The van der Waals surface area contributed by atoms with Crippen LogP contribution in [0.1, 0.15) is 17.5 Å². The zero-order chi connectivity index (χ0) is 17.5. The van der Waals surface area contributed by atoms with Crippen LogP contribution in [0.25, 0.3) is 0 Å². The summed E-state index contributed by atoms with van der Waals surface area (Å²) < 4.78 is 0. The van der Waals surface area contributed by atoms with Crippen molar-refractivity contribution in [3.05, 3.63) is 96.1 Å². The summed E-state index contributed by atoms with van der Waals surface area (Å²) in [5.74, 6) is 1.07. The molecule has 0 radical (unpaired) electrons. The van der Waals surface area contributed by atoms with Crippen molar-refractivity contribution in [2.75, 3.05) is 11.9 Å². The van der Waals surface area contributed by atoms with E-state index >= 15 is 0 Å². The lowest BCUT2D eigenvalue weighted by Gasteiger charge is -2.22. The minimum Gasteiger partial charge on any atom is -0.333 e. The van der Waals surface area contributed by atoms with Crippen molar-refractivity contribution >= 4 is 17.2 Å². The molecule has 0 aromatic heterocycles. The molecule has 0 N–H and O–H groups in total. The molecule has 0 aliphatic rings. The van der Waals surface area contributed by atoms with Gasteiger partial charge in [-0.1, -0.05) is 66.2 Å². The molecule has 0 aliphatic carbocycles. The number of aliphatic imine (C=N–C) groups is 1. The molecule has 0 bridgehead atoms. The third kappa shape index (κ3) is 4.80. The van der Waals surface area contributed by atoms with E-state index in [1.54, 1.807) is 0 Å². The Morgan fingerprint density at radius 3 is 2.04 bits per heavy atom. The van der Waals surface area contributed by atoms with Gasteiger partial charge >= 0.3 is 0 Å². The largest absolute Gasteiger partial charge is 0.333 e. The Hall–Kier alpha value is -2.87. The van der Waals surface area contributed by atoms with E-state index in [9.17, 15) is 0 Å². The van der Waals surface area contributed by atoms with Gasteiger partial charge in [-0.2, -0.15) is 0 Å². The van der Waals surface area contributed by atoms with Crippen molar-refractivity contribution in [3.63, 3.8) is 0 Å². The van der Waals surface area contributed by atoms with Crippen molar-refractivity contribution < 1.29 is 0 Å². The van der Waals surface area contributed by atoms with Gasteiger partial charge < -0.3 is 4.90 Å². The van der Waals surface area contributed by atoms with Crippen molar-refractivity contribution in [1.82, 2.24) is 0 Å². The molecule has 3 aromatic carbocycles. The number of anilines is 1. The van der Waals surface area contributed by atoms with E-state index in [4.69, 9.17) is 4.99 Å². The van der Waals surface area contributed by atoms with Crippen LogP contribution >= 0.6 is 0 Å². The third-order valence-electron chi connectivity index (χ3n) is 4.30. The maximum absolute atomic E-state index is 4.93. The molecular formula is C23H24N2. The van der Waals surface area contributed by atoms with Crippen LogP contribution in [-0.2, 0) is 6.42 Å². The molecule has 2 heteroatoms. The van der Waals surface area contributed by atoms with Gasteiger partial charge in [0.25, 0.3) is 0 Å². The molecule has 0 atom stereocenters. The Bertz CT molecular complexity index is 806. The summed E-state index contributed by atoms with van der Waals surface area (Å²) in [6.07, 6.45) is 1.87. The van der Waals surface area contributed by atoms with Crippen LogP contribution in [0, 0.1) is 6.92 Å². The molecule has 3 aromatic rings. The topological polar surface area (TPSA) is 15.6 Å². The van der Waals surface area contributed by atoms with Crippen LogP contribution in [-0.4, -0.2) is 12.9 Å². The first-order valence-corrected chi connectivity index (χ1v) is 8.69. The first-order chi connectivity index (χ1) is 12.2. The Morgan fingerprint density at radius 1 is 0.800 bits per heavy atom. The predicted molar refractivity (Wildman–Crippen MR) is 108 cm³/mol. The number of rotatable bonds is 5. The van der Waals surface area contributed by atoms with Crippen LogP contribution in [0.3, 0.4) is 0 Å². The standard InChI is InChI=1S/C23H24N2/c1-19-13-16-21(17-14-19)24-23(18-15-20-9-5-3-6-10-20)25(2)22-11-7-4-8-12-22/h3-14,16-17H,15,18H2,1-2H3. The predicted octanol–water partition coefficient (Wildman–Crippen LogP) is 5.79. The molecular weight excluding hydrogens is 304 g/mol. The van der Waals surface area contributed by atoms with E-state index in [-0.39, 0.29) is 0 Å². The molecule has 0 aliphatic heterocycles. The fourth-order valence-corrected chi connectivity index (χ4v) is 2.77. The SMILES string of the molecule is Cc1ccc(N=C(CCc2ccccc2)N(C)c2ccccc2)cc1. The second kappa shape index (κ2) is 8.29. The van der Waals surface area contributed by atoms with Gasteiger partial charge in [-0.3, -0.25) is 0 Å². The van der Waals surface area contributed by atoms with Gasteiger partial charge in [-0.25, -0.2) is 4.99 Å². The third-order valence-corrected chi connectivity index (χ3v) is 4.30. The zero-order valence-electron chi connectivity index (χ0n) is 14.9. The summed E-state index contributed by atoms with van der Waals surface area (Å²) in [6.45, 7) is 2.10. The number of hydrogen-bond donors (Lipinski definition) is 0. The average molecular weight is 328 g/mol. The highest BCUT2D eigenvalue weighted by Gasteiger charge is 2.09. The minimum absolute atomic E-state index is 0.892. The highest BCUT2D eigenvalue weighted by atomic mass is 15.2. The smallest absolute Gasteiger partial charge is 0.109 e. The second-order valence-corrected chi connectivity index (χ2v) is 6.24. The zero-order valence-corrected chi connectivity index (χ0v) is 14.9. The van der Waals surface area contributed by atoms with Crippen molar-refractivity contribution in [1.29, 1.82) is 0 Å². The van der Waals surface area contributed by atoms with Gasteiger partial charge in [0.1, 0.15) is 5.84 Å². The number of hydrogen-bond acceptors (Lipinski definition) is 1. The molecule has 0 saturated carbocycles. The lowest BCUT2D eigenvalue weighted by Crippen LogP contribution is -2.26. The number of aryl methyl sites for hydroxylation is 2. The summed E-state index contributed by atoms with van der Waals surface area (Å²) in [4.78, 5) is 7.12. The number of amidine groups is 1. The molecule has 3 rings (SSSR count). The first-order valence-electron chi connectivity index (χ1n) is 8.69. The molecule has 2 nitrogen and oxygen atoms in total. The van der Waals surface area contributed by atoms with Crippen LogP contribution in [0.15, 0.2) is 89.9 Å². The van der Waals surface area contributed by atoms with Gasteiger partial charge in [-0.15, -0.1) is 0 Å². The van der Waals surface area contributed by atoms with Gasteiger partial charge in [-0.05, 0) is 43.2 Å². The molecule has 0 saturated heterocycles. The van der Waals surface area contributed by atoms with E-state index in [2.05, 4.69) is 97.7 Å². The molecule has 0 heterocycles. The molecule has 0 spiro atoms. The Kier molecular flexibility index (Phi) is 5.63. The highest BCUT2D eigenvalue weighted by molar-refractivity contribution is 5.98. The molecule has 126 valence electrons. The van der Waals surface area contributed by atoms with Crippen molar-refractivity contribution in [2.45, 2.75) is 19.8 Å². The fraction of sp³-hybridized carbons (Fsp3) is 0.174. The summed E-state index contributed by atoms with van der Waals surface area (Å²) in [7, 11) is 2.09. The number of para-hydroxylation sites is 1. The average Bonchev–Trinajstić information content (AvgIpc) is 2.67. The minimum atomic E-state index is 0.892. The normalized spacial score (nSPS) is 11.4. The van der Waals surface area contributed by atoms with E-state index in [0.29, 0.717) is 0 Å². The van der Waals surface area contributed by atoms with Crippen molar-refractivity contribution in [3.8, 4) is 0 Å². The van der Waals surface area contributed by atoms with Gasteiger partial charge in [0.15, 0.2) is 0 Å². The maximum Gasteiger partial charge on any atom is 0.109 e. The molecule has 0 unspecified atom stereocenters. The van der Waals surface area contributed by atoms with Crippen LogP contribution < -0.4 is 4.90 Å². The van der Waals surface area contributed by atoms with E-state index < -0.39 is 0 Å². The Morgan fingerprint density at radius 2 is 1.40 bits per heavy atom. The maximum atomic E-state index is 4.93. The summed E-state index contributed by atoms with van der Waals surface area (Å²) >= 11 is 0. The van der Waals surface area contributed by atoms with Crippen LogP contribution in [0.5, 0.6) is 0 Å². The highest BCUT2D eigenvalue weighted by Crippen LogP contribution is 2.19. The second-order valence-electron chi connectivity index (χ2n) is 6.24. The summed E-state index contributed by atoms with van der Waals surface area (Å²) in [5, 5.41) is 0. The van der Waals surface area contributed by atoms with E-state index in [1.165, 1.54) is 11.1 Å². The fourth-order valence-electron chi connectivity index (χ4n) is 2.77. The van der Waals surface area contributed by atoms with Crippen LogP contribution in [0.4, 0.5) is 11.4 Å². The lowest BCUT2D eigenvalue weighted by atomic mass is 10.1. The number of nitrogens with zero attached hydrogens (tertiary/aromatic N) is 2. The monoisotopic (exact) mass is 328 g/mol. The van der Waals surface area contributed by atoms with E-state index in [1.807, 2.05) is 6.07 Å².